The summed E-state index contributed by atoms with van der Waals surface area (Å²) in [6.07, 6.45) is 3.40. The summed E-state index contributed by atoms with van der Waals surface area (Å²) in [5, 5.41) is 0.577. The Balaban J connectivity index is 2.63. The van der Waals surface area contributed by atoms with E-state index < -0.39 is 0 Å². The molecule has 4 heteroatoms. The molecule has 0 aliphatic carbocycles. The number of nitrogen functional groups attached to an aromatic ring is 2. The molecule has 0 spiro atoms. The quantitative estimate of drug-likeness (QED) is 0.725. The third-order valence-corrected chi connectivity index (χ3v) is 2.39. The van der Waals surface area contributed by atoms with Gasteiger partial charge in [-0.05, 0) is 29.8 Å². The lowest BCUT2D eigenvalue weighted by molar-refractivity contribution is 1.33. The van der Waals surface area contributed by atoms with Crippen molar-refractivity contribution in [3.63, 3.8) is 0 Å². The van der Waals surface area contributed by atoms with E-state index in [1.165, 1.54) is 0 Å². The predicted octanol–water partition coefficient (Wildman–Crippen LogP) is 2.57. The molecule has 4 N–H and O–H groups in total. The lowest BCUT2D eigenvalue weighted by Gasteiger charge is -2.08. The van der Waals surface area contributed by atoms with Gasteiger partial charge in [-0.15, -0.1) is 0 Å². The fraction of sp³-hybridized carbons (Fsp3) is 0. The Bertz CT molecular complexity index is 483. The molecule has 0 atom stereocenters. The first-order chi connectivity index (χ1) is 7.18. The van der Waals surface area contributed by atoms with E-state index in [9.17, 15) is 0 Å². The number of pyridine rings is 1. The van der Waals surface area contributed by atoms with Gasteiger partial charge >= 0.3 is 0 Å². The van der Waals surface area contributed by atoms with Crippen LogP contribution >= 0.6 is 11.6 Å². The highest BCUT2D eigenvalue weighted by molar-refractivity contribution is 6.31. The van der Waals surface area contributed by atoms with Crippen molar-refractivity contribution in [3.05, 3.63) is 41.7 Å². The van der Waals surface area contributed by atoms with Gasteiger partial charge in [0.2, 0.25) is 0 Å². The SMILES string of the molecule is Nc1cc(Cl)cc(-c2ccncc2)c1N. The van der Waals surface area contributed by atoms with Gasteiger partial charge in [-0.3, -0.25) is 4.98 Å². The molecule has 0 radical (unpaired) electrons. The maximum Gasteiger partial charge on any atom is 0.0628 e. The van der Waals surface area contributed by atoms with E-state index in [1.54, 1.807) is 24.5 Å². The van der Waals surface area contributed by atoms with Crippen LogP contribution < -0.4 is 11.5 Å². The van der Waals surface area contributed by atoms with Gasteiger partial charge in [0, 0.05) is 23.0 Å². The number of benzene rings is 1. The molecule has 0 aliphatic heterocycles. The average molecular weight is 220 g/mol. The minimum Gasteiger partial charge on any atom is -0.397 e. The first kappa shape index (κ1) is 9.80. The molecule has 0 amide bonds. The lowest BCUT2D eigenvalue weighted by Crippen LogP contribution is -1.97. The summed E-state index contributed by atoms with van der Waals surface area (Å²) in [7, 11) is 0. The van der Waals surface area contributed by atoms with E-state index in [2.05, 4.69) is 4.98 Å². The molecule has 0 bridgehead atoms. The van der Waals surface area contributed by atoms with Gasteiger partial charge in [-0.1, -0.05) is 11.6 Å². The smallest absolute Gasteiger partial charge is 0.0628 e. The molecule has 15 heavy (non-hydrogen) atoms. The Morgan fingerprint density at radius 3 is 2.40 bits per heavy atom. The van der Waals surface area contributed by atoms with Gasteiger partial charge in [0.25, 0.3) is 0 Å². The van der Waals surface area contributed by atoms with Crippen molar-refractivity contribution in [2.45, 2.75) is 0 Å². The van der Waals surface area contributed by atoms with Crippen LogP contribution in [0.5, 0.6) is 0 Å². The third-order valence-electron chi connectivity index (χ3n) is 2.17. The minimum atomic E-state index is 0.495. The molecule has 0 saturated carbocycles. The zero-order valence-corrected chi connectivity index (χ0v) is 8.70. The van der Waals surface area contributed by atoms with E-state index in [-0.39, 0.29) is 0 Å². The molecule has 0 fully saturated rings. The topological polar surface area (TPSA) is 64.9 Å². The number of nitrogens with zero attached hydrogens (tertiary/aromatic N) is 1. The van der Waals surface area contributed by atoms with Crippen molar-refractivity contribution >= 4 is 23.0 Å². The van der Waals surface area contributed by atoms with E-state index in [0.717, 1.165) is 11.1 Å². The fourth-order valence-corrected chi connectivity index (χ4v) is 1.64. The van der Waals surface area contributed by atoms with E-state index in [1.807, 2.05) is 12.1 Å². The van der Waals surface area contributed by atoms with Gasteiger partial charge in [-0.2, -0.15) is 0 Å². The van der Waals surface area contributed by atoms with Crippen molar-refractivity contribution in [3.8, 4) is 11.1 Å². The van der Waals surface area contributed by atoms with Gasteiger partial charge in [0.05, 0.1) is 11.4 Å². The van der Waals surface area contributed by atoms with Crippen LogP contribution in [0.3, 0.4) is 0 Å². The molecule has 1 heterocycles. The second-order valence-electron chi connectivity index (χ2n) is 3.19. The first-order valence-corrected chi connectivity index (χ1v) is 4.81. The molecule has 2 rings (SSSR count). The van der Waals surface area contributed by atoms with Crippen molar-refractivity contribution in [2.75, 3.05) is 11.5 Å². The van der Waals surface area contributed by atoms with Crippen LogP contribution in [0.15, 0.2) is 36.7 Å². The summed E-state index contributed by atoms with van der Waals surface area (Å²) in [4.78, 5) is 3.94. The molecule has 1 aromatic heterocycles. The maximum atomic E-state index is 5.92. The standard InChI is InChI=1S/C11H10ClN3/c12-8-5-9(11(14)10(13)6-8)7-1-3-15-4-2-7/h1-6H,13-14H2. The predicted molar refractivity (Wildman–Crippen MR) is 63.5 cm³/mol. The molecule has 0 saturated heterocycles. The summed E-state index contributed by atoms with van der Waals surface area (Å²) < 4.78 is 0. The van der Waals surface area contributed by atoms with Crippen LogP contribution in [-0.4, -0.2) is 4.98 Å². The zero-order valence-electron chi connectivity index (χ0n) is 7.94. The van der Waals surface area contributed by atoms with E-state index in [4.69, 9.17) is 23.1 Å². The minimum absolute atomic E-state index is 0.495. The first-order valence-electron chi connectivity index (χ1n) is 4.43. The molecule has 1 aromatic carbocycles. The zero-order chi connectivity index (χ0) is 10.8. The van der Waals surface area contributed by atoms with Crippen LogP contribution in [-0.2, 0) is 0 Å². The summed E-state index contributed by atoms with van der Waals surface area (Å²) in [6, 6.07) is 7.16. The Morgan fingerprint density at radius 2 is 1.73 bits per heavy atom. The number of aromatic nitrogens is 1. The van der Waals surface area contributed by atoms with Crippen molar-refractivity contribution < 1.29 is 0 Å². The summed E-state index contributed by atoms with van der Waals surface area (Å²) in [5.74, 6) is 0. The normalized spacial score (nSPS) is 10.2. The highest BCUT2D eigenvalue weighted by atomic mass is 35.5. The van der Waals surface area contributed by atoms with Crippen molar-refractivity contribution in [2.24, 2.45) is 0 Å². The van der Waals surface area contributed by atoms with Crippen LogP contribution in [0.4, 0.5) is 11.4 Å². The largest absolute Gasteiger partial charge is 0.397 e. The monoisotopic (exact) mass is 219 g/mol. The molecule has 2 aromatic rings. The average Bonchev–Trinajstić information content (AvgIpc) is 2.24. The summed E-state index contributed by atoms with van der Waals surface area (Å²) in [5.41, 5.74) is 14.4. The Morgan fingerprint density at radius 1 is 1.07 bits per heavy atom. The highest BCUT2D eigenvalue weighted by Crippen LogP contribution is 2.32. The molecule has 76 valence electrons. The number of anilines is 2. The number of rotatable bonds is 1. The van der Waals surface area contributed by atoms with E-state index in [0.29, 0.717) is 16.4 Å². The van der Waals surface area contributed by atoms with Crippen molar-refractivity contribution in [1.82, 2.24) is 4.98 Å². The molecule has 3 nitrogen and oxygen atoms in total. The Hall–Kier alpha value is -1.74. The summed E-state index contributed by atoms with van der Waals surface area (Å²) in [6.45, 7) is 0. The van der Waals surface area contributed by atoms with Crippen LogP contribution in [0.1, 0.15) is 0 Å². The van der Waals surface area contributed by atoms with Crippen LogP contribution in [0.25, 0.3) is 11.1 Å². The van der Waals surface area contributed by atoms with Gasteiger partial charge in [0.1, 0.15) is 0 Å². The van der Waals surface area contributed by atoms with Crippen molar-refractivity contribution in [1.29, 1.82) is 0 Å². The highest BCUT2D eigenvalue weighted by Gasteiger charge is 2.06. The van der Waals surface area contributed by atoms with E-state index >= 15 is 0 Å². The molecule has 0 unspecified atom stereocenters. The lowest BCUT2D eigenvalue weighted by atomic mass is 10.0. The van der Waals surface area contributed by atoms with Gasteiger partial charge in [0.15, 0.2) is 0 Å². The fourth-order valence-electron chi connectivity index (χ4n) is 1.41. The van der Waals surface area contributed by atoms with Gasteiger partial charge < -0.3 is 11.5 Å². The number of hydrogen-bond acceptors (Lipinski definition) is 3. The second kappa shape index (κ2) is 3.79. The Labute approximate surface area is 92.7 Å². The number of nitrogens with two attached hydrogens (primary N) is 2. The summed E-state index contributed by atoms with van der Waals surface area (Å²) >= 11 is 5.92. The number of halogens is 1. The number of hydrogen-bond donors (Lipinski definition) is 2. The van der Waals surface area contributed by atoms with Crippen LogP contribution in [0, 0.1) is 0 Å². The molecular weight excluding hydrogens is 210 g/mol. The third kappa shape index (κ3) is 1.87. The second-order valence-corrected chi connectivity index (χ2v) is 3.63. The molecule has 0 aliphatic rings. The Kier molecular flexibility index (Phi) is 2.47. The molecular formula is C11H10ClN3. The van der Waals surface area contributed by atoms with Gasteiger partial charge in [-0.25, -0.2) is 0 Å². The maximum absolute atomic E-state index is 5.92. The van der Waals surface area contributed by atoms with Crippen LogP contribution in [0.2, 0.25) is 5.02 Å².